The predicted molar refractivity (Wildman–Crippen MR) is 103 cm³/mol. The number of thiocarbonyl (C=S) groups is 1. The van der Waals surface area contributed by atoms with E-state index in [1.165, 1.54) is 0 Å². The molecule has 0 heterocycles. The molecule has 1 atom stereocenters. The van der Waals surface area contributed by atoms with Gasteiger partial charge >= 0.3 is 5.97 Å². The van der Waals surface area contributed by atoms with Crippen molar-refractivity contribution < 1.29 is 14.3 Å². The Bertz CT molecular complexity index is 707. The molecule has 0 fully saturated rings. The number of carbonyl (C=O) groups is 1. The molecule has 0 bridgehead atoms. The zero-order chi connectivity index (χ0) is 18.1. The summed E-state index contributed by atoms with van der Waals surface area (Å²) in [6, 6.07) is 16.7. The fourth-order valence-corrected chi connectivity index (χ4v) is 2.43. The fourth-order valence-electron chi connectivity index (χ4n) is 2.11. The molecule has 0 aliphatic carbocycles. The minimum Gasteiger partial charge on any atom is -0.491 e. The predicted octanol–water partition coefficient (Wildman–Crippen LogP) is 3.62. The van der Waals surface area contributed by atoms with Gasteiger partial charge in [-0.25, -0.2) is 4.79 Å². The minimum atomic E-state index is -0.352. The van der Waals surface area contributed by atoms with Crippen LogP contribution in [0.3, 0.4) is 0 Å². The van der Waals surface area contributed by atoms with Crippen molar-refractivity contribution in [1.29, 1.82) is 0 Å². The molecule has 0 radical (unpaired) electrons. The highest BCUT2D eigenvalue weighted by Crippen LogP contribution is 2.12. The largest absolute Gasteiger partial charge is 0.491 e. The van der Waals surface area contributed by atoms with Crippen LogP contribution < -0.4 is 15.4 Å². The summed E-state index contributed by atoms with van der Waals surface area (Å²) in [5.74, 6) is 0.465. The van der Waals surface area contributed by atoms with E-state index in [2.05, 4.69) is 10.6 Å². The lowest BCUT2D eigenvalue weighted by molar-refractivity contribution is 0.0526. The Morgan fingerprint density at radius 3 is 2.64 bits per heavy atom. The van der Waals surface area contributed by atoms with Crippen LogP contribution in [-0.2, 0) is 4.74 Å². The van der Waals surface area contributed by atoms with Gasteiger partial charge in [-0.3, -0.25) is 0 Å². The Kier molecular flexibility index (Phi) is 7.22. The van der Waals surface area contributed by atoms with Gasteiger partial charge in [0.05, 0.1) is 18.2 Å². The zero-order valence-corrected chi connectivity index (χ0v) is 15.1. The molecule has 2 aromatic rings. The first-order valence-corrected chi connectivity index (χ1v) is 8.52. The summed E-state index contributed by atoms with van der Waals surface area (Å²) in [5.41, 5.74) is 1.20. The second-order valence-corrected chi connectivity index (χ2v) is 5.83. The Balaban J connectivity index is 1.83. The van der Waals surface area contributed by atoms with Crippen molar-refractivity contribution in [1.82, 2.24) is 5.32 Å². The summed E-state index contributed by atoms with van der Waals surface area (Å²) in [5, 5.41) is 6.68. The number of nitrogens with one attached hydrogen (secondary N) is 2. The van der Waals surface area contributed by atoms with Gasteiger partial charge < -0.3 is 20.1 Å². The number of hydrogen-bond donors (Lipinski definition) is 2. The number of rotatable bonds is 7. The monoisotopic (exact) mass is 358 g/mol. The zero-order valence-electron chi connectivity index (χ0n) is 14.3. The van der Waals surface area contributed by atoms with Gasteiger partial charge in [-0.2, -0.15) is 0 Å². The number of para-hydroxylation sites is 1. The maximum atomic E-state index is 11.8. The molecule has 2 N–H and O–H groups in total. The molecule has 2 aromatic carbocycles. The highest BCUT2D eigenvalue weighted by Gasteiger charge is 2.09. The lowest BCUT2D eigenvalue weighted by Gasteiger charge is -2.18. The van der Waals surface area contributed by atoms with Crippen molar-refractivity contribution in [2.24, 2.45) is 0 Å². The summed E-state index contributed by atoms with van der Waals surface area (Å²) in [6.45, 7) is 4.58. The number of benzene rings is 2. The number of ether oxygens (including phenoxy) is 2. The first kappa shape index (κ1) is 18.7. The molecule has 25 heavy (non-hydrogen) atoms. The SMILES string of the molecule is CCOC(=O)c1cccc(NC(=S)N[C@H](C)COc2ccccc2)c1. The van der Waals surface area contributed by atoms with Crippen LogP contribution in [0, 0.1) is 0 Å². The molecule has 6 heteroatoms. The van der Waals surface area contributed by atoms with Gasteiger partial charge in [0.15, 0.2) is 5.11 Å². The molecule has 0 spiro atoms. The summed E-state index contributed by atoms with van der Waals surface area (Å²) < 4.78 is 10.7. The van der Waals surface area contributed by atoms with E-state index in [0.29, 0.717) is 23.9 Å². The van der Waals surface area contributed by atoms with Gasteiger partial charge in [-0.1, -0.05) is 24.3 Å². The van der Waals surface area contributed by atoms with Gasteiger partial charge in [-0.15, -0.1) is 0 Å². The topological polar surface area (TPSA) is 59.6 Å². The Labute approximate surface area is 153 Å². The van der Waals surface area contributed by atoms with E-state index in [1.54, 1.807) is 25.1 Å². The highest BCUT2D eigenvalue weighted by molar-refractivity contribution is 7.80. The van der Waals surface area contributed by atoms with Crippen LogP contribution in [-0.4, -0.2) is 30.3 Å². The molecular weight excluding hydrogens is 336 g/mol. The molecule has 0 aliphatic rings. The van der Waals surface area contributed by atoms with Crippen LogP contribution in [0.15, 0.2) is 54.6 Å². The first-order chi connectivity index (χ1) is 12.1. The van der Waals surface area contributed by atoms with Crippen molar-refractivity contribution in [2.75, 3.05) is 18.5 Å². The molecule has 5 nitrogen and oxygen atoms in total. The maximum absolute atomic E-state index is 11.8. The van der Waals surface area contributed by atoms with Crippen LogP contribution in [0.25, 0.3) is 0 Å². The van der Waals surface area contributed by atoms with Crippen LogP contribution in [0.4, 0.5) is 5.69 Å². The number of hydrogen-bond acceptors (Lipinski definition) is 4. The van der Waals surface area contributed by atoms with Crippen LogP contribution in [0.1, 0.15) is 24.2 Å². The summed E-state index contributed by atoms with van der Waals surface area (Å²) in [4.78, 5) is 11.8. The molecule has 0 amide bonds. The lowest BCUT2D eigenvalue weighted by Crippen LogP contribution is -2.39. The standard InChI is InChI=1S/C19H22N2O3S/c1-3-23-18(22)15-8-7-9-16(12-15)21-19(25)20-14(2)13-24-17-10-5-4-6-11-17/h4-12,14H,3,13H2,1-2H3,(H2,20,21,25)/t14-/m1/s1. The van der Waals surface area contributed by atoms with Gasteiger partial charge in [0.25, 0.3) is 0 Å². The third-order valence-corrected chi connectivity index (χ3v) is 3.47. The molecule has 2 rings (SSSR count). The van der Waals surface area contributed by atoms with Crippen molar-refractivity contribution >= 4 is 29.0 Å². The van der Waals surface area contributed by atoms with Gasteiger partial charge in [0.1, 0.15) is 12.4 Å². The second kappa shape index (κ2) is 9.64. The average Bonchev–Trinajstić information content (AvgIpc) is 2.61. The van der Waals surface area contributed by atoms with E-state index >= 15 is 0 Å². The molecular formula is C19H22N2O3S. The van der Waals surface area contributed by atoms with E-state index in [1.807, 2.05) is 43.3 Å². The maximum Gasteiger partial charge on any atom is 0.338 e. The molecule has 0 unspecified atom stereocenters. The third-order valence-electron chi connectivity index (χ3n) is 3.25. The van der Waals surface area contributed by atoms with Gasteiger partial charge in [0, 0.05) is 5.69 Å². The van der Waals surface area contributed by atoms with E-state index in [-0.39, 0.29) is 12.0 Å². The number of esters is 1. The quantitative estimate of drug-likeness (QED) is 0.582. The van der Waals surface area contributed by atoms with Crippen molar-refractivity contribution in [3.63, 3.8) is 0 Å². The Hall–Kier alpha value is -2.60. The molecule has 0 aliphatic heterocycles. The first-order valence-electron chi connectivity index (χ1n) is 8.11. The third kappa shape index (κ3) is 6.43. The van der Waals surface area contributed by atoms with Crippen LogP contribution >= 0.6 is 12.2 Å². The highest BCUT2D eigenvalue weighted by atomic mass is 32.1. The molecule has 0 saturated heterocycles. The van der Waals surface area contributed by atoms with Gasteiger partial charge in [-0.05, 0) is 56.4 Å². The Morgan fingerprint density at radius 1 is 1.16 bits per heavy atom. The number of anilines is 1. The summed E-state index contributed by atoms with van der Waals surface area (Å²) in [7, 11) is 0. The summed E-state index contributed by atoms with van der Waals surface area (Å²) >= 11 is 5.31. The Morgan fingerprint density at radius 2 is 1.92 bits per heavy atom. The van der Waals surface area contributed by atoms with Crippen LogP contribution in [0.5, 0.6) is 5.75 Å². The second-order valence-electron chi connectivity index (χ2n) is 5.42. The van der Waals surface area contributed by atoms with Crippen molar-refractivity contribution in [3.05, 3.63) is 60.2 Å². The number of carbonyl (C=O) groups excluding carboxylic acids is 1. The van der Waals surface area contributed by atoms with E-state index in [9.17, 15) is 4.79 Å². The molecule has 0 saturated carbocycles. The molecule has 0 aromatic heterocycles. The van der Waals surface area contributed by atoms with E-state index < -0.39 is 0 Å². The smallest absolute Gasteiger partial charge is 0.338 e. The van der Waals surface area contributed by atoms with E-state index in [4.69, 9.17) is 21.7 Å². The normalized spacial score (nSPS) is 11.3. The van der Waals surface area contributed by atoms with Gasteiger partial charge in [0.2, 0.25) is 0 Å². The fraction of sp³-hybridized carbons (Fsp3) is 0.263. The van der Waals surface area contributed by atoms with Crippen LogP contribution in [0.2, 0.25) is 0 Å². The average molecular weight is 358 g/mol. The summed E-state index contributed by atoms with van der Waals surface area (Å²) in [6.07, 6.45) is 0. The van der Waals surface area contributed by atoms with Crippen molar-refractivity contribution in [2.45, 2.75) is 19.9 Å². The minimum absolute atomic E-state index is 0.0217. The molecule has 132 valence electrons. The van der Waals surface area contributed by atoms with Crippen molar-refractivity contribution in [3.8, 4) is 5.75 Å². The lowest BCUT2D eigenvalue weighted by atomic mass is 10.2. The van der Waals surface area contributed by atoms with E-state index in [0.717, 1.165) is 11.4 Å².